The Kier molecular flexibility index (Phi) is 3.52. The summed E-state index contributed by atoms with van der Waals surface area (Å²) in [5, 5.41) is 3.68. The van der Waals surface area contributed by atoms with Crippen molar-refractivity contribution < 1.29 is 0 Å². The molecule has 2 atom stereocenters. The van der Waals surface area contributed by atoms with Gasteiger partial charge in [-0.2, -0.15) is 0 Å². The van der Waals surface area contributed by atoms with Crippen LogP contribution in [0.5, 0.6) is 0 Å². The van der Waals surface area contributed by atoms with Crippen LogP contribution < -0.4 is 5.32 Å². The Balaban J connectivity index is 1.87. The summed E-state index contributed by atoms with van der Waals surface area (Å²) in [4.78, 5) is 0. The molecular weight excluding hydrogens is 242 g/mol. The summed E-state index contributed by atoms with van der Waals surface area (Å²) >= 11 is 0. The van der Waals surface area contributed by atoms with Crippen LogP contribution in [0.3, 0.4) is 0 Å². The maximum Gasteiger partial charge on any atom is 0.0557 e. The van der Waals surface area contributed by atoms with E-state index in [0.29, 0.717) is 12.0 Å². The molecule has 2 aromatic rings. The third-order valence-electron chi connectivity index (χ3n) is 4.63. The second-order valence-electron chi connectivity index (χ2n) is 5.98. The first-order chi connectivity index (χ1) is 9.69. The van der Waals surface area contributed by atoms with E-state index in [1.807, 2.05) is 0 Å². The maximum absolute atomic E-state index is 3.68. The molecule has 0 saturated carbocycles. The molecule has 0 amide bonds. The standard InChI is InChI=1S/C19H23N/c1-4-13(2)15-9-10-18-16(11-15)12-19(20-18)17-8-6-5-7-14(17)3/h5-11,13,19-20H,4,12H2,1-3H3. The zero-order valence-corrected chi connectivity index (χ0v) is 12.6. The lowest BCUT2D eigenvalue weighted by Gasteiger charge is -2.14. The number of fused-ring (bicyclic) bond motifs is 1. The second kappa shape index (κ2) is 5.32. The maximum atomic E-state index is 3.68. The zero-order chi connectivity index (χ0) is 14.1. The molecule has 0 bridgehead atoms. The third-order valence-corrected chi connectivity index (χ3v) is 4.63. The predicted octanol–water partition coefficient (Wildman–Crippen LogP) is 5.22. The van der Waals surface area contributed by atoms with Crippen molar-refractivity contribution in [1.82, 2.24) is 0 Å². The largest absolute Gasteiger partial charge is 0.378 e. The van der Waals surface area contributed by atoms with E-state index in [2.05, 4.69) is 68.6 Å². The quantitative estimate of drug-likeness (QED) is 0.802. The van der Waals surface area contributed by atoms with Crippen LogP contribution in [0, 0.1) is 6.92 Å². The van der Waals surface area contributed by atoms with Crippen LogP contribution in [0.15, 0.2) is 42.5 Å². The second-order valence-corrected chi connectivity index (χ2v) is 5.98. The molecule has 0 aliphatic carbocycles. The van der Waals surface area contributed by atoms with Gasteiger partial charge in [0.2, 0.25) is 0 Å². The van der Waals surface area contributed by atoms with Gasteiger partial charge in [0, 0.05) is 5.69 Å². The lowest BCUT2D eigenvalue weighted by Crippen LogP contribution is -2.07. The van der Waals surface area contributed by atoms with Crippen LogP contribution in [-0.2, 0) is 6.42 Å². The highest BCUT2D eigenvalue weighted by molar-refractivity contribution is 5.60. The van der Waals surface area contributed by atoms with Gasteiger partial charge in [-0.3, -0.25) is 0 Å². The Hall–Kier alpha value is -1.76. The normalized spacial score (nSPS) is 18.4. The van der Waals surface area contributed by atoms with Crippen molar-refractivity contribution in [1.29, 1.82) is 0 Å². The van der Waals surface area contributed by atoms with Gasteiger partial charge >= 0.3 is 0 Å². The van der Waals surface area contributed by atoms with Gasteiger partial charge in [0.25, 0.3) is 0 Å². The summed E-state index contributed by atoms with van der Waals surface area (Å²) in [6, 6.07) is 16.1. The van der Waals surface area contributed by atoms with Gasteiger partial charge < -0.3 is 5.32 Å². The molecule has 1 heteroatoms. The smallest absolute Gasteiger partial charge is 0.0557 e. The molecule has 1 N–H and O–H groups in total. The number of hydrogen-bond acceptors (Lipinski definition) is 1. The van der Waals surface area contributed by atoms with Crippen molar-refractivity contribution >= 4 is 5.69 Å². The van der Waals surface area contributed by atoms with Crippen molar-refractivity contribution in [3.8, 4) is 0 Å². The predicted molar refractivity (Wildman–Crippen MR) is 86.4 cm³/mol. The van der Waals surface area contributed by atoms with Crippen molar-refractivity contribution in [3.05, 3.63) is 64.7 Å². The molecule has 3 rings (SSSR count). The molecule has 20 heavy (non-hydrogen) atoms. The zero-order valence-electron chi connectivity index (χ0n) is 12.6. The van der Waals surface area contributed by atoms with Crippen LogP contribution in [-0.4, -0.2) is 0 Å². The molecule has 1 aliphatic rings. The van der Waals surface area contributed by atoms with Crippen molar-refractivity contribution in [2.75, 3.05) is 5.32 Å². The number of rotatable bonds is 3. The highest BCUT2D eigenvalue weighted by Gasteiger charge is 2.23. The number of nitrogens with one attached hydrogen (secondary N) is 1. The van der Waals surface area contributed by atoms with Gasteiger partial charge in [0.05, 0.1) is 6.04 Å². The fourth-order valence-electron chi connectivity index (χ4n) is 3.09. The van der Waals surface area contributed by atoms with Gasteiger partial charge in [-0.05, 0) is 54.0 Å². The summed E-state index contributed by atoms with van der Waals surface area (Å²) in [7, 11) is 0. The molecule has 0 fully saturated rings. The van der Waals surface area contributed by atoms with Crippen molar-refractivity contribution in [2.45, 2.75) is 45.6 Å². The van der Waals surface area contributed by atoms with Crippen LogP contribution in [0.25, 0.3) is 0 Å². The molecule has 1 nitrogen and oxygen atoms in total. The summed E-state index contributed by atoms with van der Waals surface area (Å²) in [5.74, 6) is 0.651. The van der Waals surface area contributed by atoms with E-state index in [4.69, 9.17) is 0 Å². The summed E-state index contributed by atoms with van der Waals surface area (Å²) in [6.07, 6.45) is 2.30. The van der Waals surface area contributed by atoms with Crippen LogP contribution in [0.2, 0.25) is 0 Å². The van der Waals surface area contributed by atoms with E-state index in [1.165, 1.54) is 34.4 Å². The van der Waals surface area contributed by atoms with Gasteiger partial charge in [-0.25, -0.2) is 0 Å². The average Bonchev–Trinajstić information content (AvgIpc) is 2.89. The monoisotopic (exact) mass is 265 g/mol. The molecule has 1 heterocycles. The Labute approximate surface area is 122 Å². The van der Waals surface area contributed by atoms with Gasteiger partial charge in [0.1, 0.15) is 0 Å². The minimum atomic E-state index is 0.429. The molecule has 2 aromatic carbocycles. The molecular formula is C19H23N. The highest BCUT2D eigenvalue weighted by Crippen LogP contribution is 2.37. The van der Waals surface area contributed by atoms with E-state index in [0.717, 1.165) is 6.42 Å². The van der Waals surface area contributed by atoms with Crippen LogP contribution in [0.1, 0.15) is 54.5 Å². The first kappa shape index (κ1) is 13.2. The van der Waals surface area contributed by atoms with E-state index in [-0.39, 0.29) is 0 Å². The number of anilines is 1. The molecule has 1 aliphatic heterocycles. The Morgan fingerprint density at radius 1 is 1.20 bits per heavy atom. The Bertz CT molecular complexity index is 615. The average molecular weight is 265 g/mol. The van der Waals surface area contributed by atoms with Crippen LogP contribution >= 0.6 is 0 Å². The third kappa shape index (κ3) is 2.33. The van der Waals surface area contributed by atoms with E-state index < -0.39 is 0 Å². The van der Waals surface area contributed by atoms with E-state index >= 15 is 0 Å². The molecule has 0 aromatic heterocycles. The lowest BCUT2D eigenvalue weighted by atomic mass is 9.94. The van der Waals surface area contributed by atoms with Gasteiger partial charge in [-0.15, -0.1) is 0 Å². The highest BCUT2D eigenvalue weighted by atomic mass is 14.9. The molecule has 104 valence electrons. The molecule has 0 radical (unpaired) electrons. The fraction of sp³-hybridized carbons (Fsp3) is 0.368. The minimum Gasteiger partial charge on any atom is -0.378 e. The lowest BCUT2D eigenvalue weighted by molar-refractivity contribution is 0.731. The fourth-order valence-corrected chi connectivity index (χ4v) is 3.09. The summed E-state index contributed by atoms with van der Waals surface area (Å²) < 4.78 is 0. The number of hydrogen-bond donors (Lipinski definition) is 1. The summed E-state index contributed by atoms with van der Waals surface area (Å²) in [5.41, 5.74) is 7.05. The Morgan fingerprint density at radius 2 is 2.00 bits per heavy atom. The topological polar surface area (TPSA) is 12.0 Å². The SMILES string of the molecule is CCC(C)c1ccc2c(c1)CC(c1ccccc1C)N2. The molecule has 2 unspecified atom stereocenters. The summed E-state index contributed by atoms with van der Waals surface area (Å²) in [6.45, 7) is 6.76. The van der Waals surface area contributed by atoms with Crippen molar-refractivity contribution in [2.24, 2.45) is 0 Å². The molecule has 0 saturated heterocycles. The van der Waals surface area contributed by atoms with E-state index in [9.17, 15) is 0 Å². The van der Waals surface area contributed by atoms with Crippen molar-refractivity contribution in [3.63, 3.8) is 0 Å². The minimum absolute atomic E-state index is 0.429. The molecule has 0 spiro atoms. The van der Waals surface area contributed by atoms with Gasteiger partial charge in [0.15, 0.2) is 0 Å². The Morgan fingerprint density at radius 3 is 2.75 bits per heavy atom. The number of benzene rings is 2. The van der Waals surface area contributed by atoms with Crippen LogP contribution in [0.4, 0.5) is 5.69 Å². The number of aryl methyl sites for hydroxylation is 1. The van der Waals surface area contributed by atoms with E-state index in [1.54, 1.807) is 0 Å². The van der Waals surface area contributed by atoms with Gasteiger partial charge in [-0.1, -0.05) is 50.2 Å². The first-order valence-electron chi connectivity index (χ1n) is 7.64. The first-order valence-corrected chi connectivity index (χ1v) is 7.64.